The van der Waals surface area contributed by atoms with Gasteiger partial charge in [0.1, 0.15) is 0 Å². The predicted molar refractivity (Wildman–Crippen MR) is 86.0 cm³/mol. The van der Waals surface area contributed by atoms with Crippen molar-refractivity contribution in [2.75, 3.05) is 18.5 Å². The van der Waals surface area contributed by atoms with Crippen molar-refractivity contribution in [2.45, 2.75) is 32.6 Å². The number of hydrogen-bond donors (Lipinski definition) is 0. The lowest BCUT2D eigenvalue weighted by Crippen LogP contribution is -2.17. The summed E-state index contributed by atoms with van der Waals surface area (Å²) in [5, 5.41) is 0. The molecule has 0 saturated heterocycles. The molecule has 1 fully saturated rings. The Morgan fingerprint density at radius 3 is 2.55 bits per heavy atom. The summed E-state index contributed by atoms with van der Waals surface area (Å²) in [5.74, 6) is 0.311. The van der Waals surface area contributed by atoms with Crippen LogP contribution in [-0.2, 0) is 4.79 Å². The van der Waals surface area contributed by atoms with E-state index >= 15 is 0 Å². The Bertz CT molecular complexity index is 511. The third kappa shape index (κ3) is 3.83. The molecule has 1 aromatic carbocycles. The van der Waals surface area contributed by atoms with Gasteiger partial charge in [-0.1, -0.05) is 37.3 Å². The first-order valence-electron chi connectivity index (χ1n) is 7.42. The van der Waals surface area contributed by atoms with Gasteiger partial charge in [0.25, 0.3) is 0 Å². The van der Waals surface area contributed by atoms with Crippen LogP contribution in [0.25, 0.3) is 6.08 Å². The monoisotopic (exact) mass is 269 g/mol. The first-order valence-corrected chi connectivity index (χ1v) is 7.42. The highest BCUT2D eigenvalue weighted by molar-refractivity contribution is 5.97. The normalized spacial score (nSPS) is 17.3. The van der Waals surface area contributed by atoms with Crippen molar-refractivity contribution in [1.82, 2.24) is 0 Å². The summed E-state index contributed by atoms with van der Waals surface area (Å²) in [5.41, 5.74) is 3.38. The molecule has 0 aliphatic heterocycles. The molecule has 1 aromatic rings. The SMILES string of the molecule is CCCN(C)c1ccc(/C=C/C=C2\CCCC2=O)cc1. The minimum Gasteiger partial charge on any atom is -0.375 e. The second kappa shape index (κ2) is 7.09. The highest BCUT2D eigenvalue weighted by atomic mass is 16.1. The van der Waals surface area contributed by atoms with Gasteiger partial charge in [-0.3, -0.25) is 4.79 Å². The van der Waals surface area contributed by atoms with Crippen molar-refractivity contribution < 1.29 is 4.79 Å². The van der Waals surface area contributed by atoms with Crippen LogP contribution in [0.4, 0.5) is 5.69 Å². The van der Waals surface area contributed by atoms with Crippen LogP contribution in [0.15, 0.2) is 42.0 Å². The van der Waals surface area contributed by atoms with E-state index in [2.05, 4.69) is 49.2 Å². The molecule has 0 heterocycles. The predicted octanol–water partition coefficient (Wildman–Crippen LogP) is 4.23. The third-order valence-electron chi connectivity index (χ3n) is 3.69. The molecule has 1 aliphatic carbocycles. The smallest absolute Gasteiger partial charge is 0.158 e. The fraction of sp³-hybridized carbons (Fsp3) is 0.389. The number of carbonyl (C=O) groups is 1. The second-order valence-electron chi connectivity index (χ2n) is 5.34. The van der Waals surface area contributed by atoms with E-state index in [0.29, 0.717) is 5.78 Å². The number of benzene rings is 1. The molecule has 0 aromatic heterocycles. The Morgan fingerprint density at radius 2 is 1.95 bits per heavy atom. The van der Waals surface area contributed by atoms with Gasteiger partial charge in [-0.05, 0) is 42.5 Å². The second-order valence-corrected chi connectivity index (χ2v) is 5.34. The number of Topliss-reactive ketones (excluding diaryl/α,β-unsaturated/α-hetero) is 1. The molecule has 106 valence electrons. The maximum atomic E-state index is 11.5. The zero-order valence-electron chi connectivity index (χ0n) is 12.4. The Hall–Kier alpha value is -1.83. The first-order chi connectivity index (χ1) is 9.70. The van der Waals surface area contributed by atoms with E-state index in [0.717, 1.165) is 37.8 Å². The number of hydrogen-bond acceptors (Lipinski definition) is 2. The lowest BCUT2D eigenvalue weighted by Gasteiger charge is -2.18. The topological polar surface area (TPSA) is 20.3 Å². The fourth-order valence-corrected chi connectivity index (χ4v) is 2.50. The van der Waals surface area contributed by atoms with E-state index in [-0.39, 0.29) is 0 Å². The maximum absolute atomic E-state index is 11.5. The number of ketones is 1. The van der Waals surface area contributed by atoms with E-state index in [1.807, 2.05) is 12.2 Å². The Morgan fingerprint density at radius 1 is 1.20 bits per heavy atom. The van der Waals surface area contributed by atoms with Crippen molar-refractivity contribution in [3.8, 4) is 0 Å². The molecule has 1 aliphatic rings. The van der Waals surface area contributed by atoms with Crippen molar-refractivity contribution in [3.05, 3.63) is 47.6 Å². The largest absolute Gasteiger partial charge is 0.375 e. The van der Waals surface area contributed by atoms with Gasteiger partial charge >= 0.3 is 0 Å². The van der Waals surface area contributed by atoms with E-state index in [1.54, 1.807) is 0 Å². The number of rotatable bonds is 5. The van der Waals surface area contributed by atoms with Crippen molar-refractivity contribution >= 4 is 17.5 Å². The minimum absolute atomic E-state index is 0.311. The third-order valence-corrected chi connectivity index (χ3v) is 3.69. The molecule has 0 spiro atoms. The van der Waals surface area contributed by atoms with Gasteiger partial charge in [0.2, 0.25) is 0 Å². The van der Waals surface area contributed by atoms with Crippen molar-refractivity contribution in [3.63, 3.8) is 0 Å². The molecule has 0 radical (unpaired) electrons. The van der Waals surface area contributed by atoms with Gasteiger partial charge in [-0.2, -0.15) is 0 Å². The Kier molecular flexibility index (Phi) is 5.16. The Balaban J connectivity index is 1.98. The zero-order chi connectivity index (χ0) is 14.4. The average Bonchev–Trinajstić information content (AvgIpc) is 2.85. The first kappa shape index (κ1) is 14.6. The van der Waals surface area contributed by atoms with Gasteiger partial charge in [-0.25, -0.2) is 0 Å². The molecule has 0 bridgehead atoms. The lowest BCUT2D eigenvalue weighted by molar-refractivity contribution is -0.114. The molecule has 0 amide bonds. The summed E-state index contributed by atoms with van der Waals surface area (Å²) in [4.78, 5) is 13.7. The van der Waals surface area contributed by atoms with Gasteiger partial charge in [0.05, 0.1) is 0 Å². The minimum atomic E-state index is 0.311. The standard InChI is InChI=1S/C18H23NO/c1-3-14-19(2)17-12-10-15(11-13-17)6-4-7-16-8-5-9-18(16)20/h4,6-7,10-13H,3,5,8-9,14H2,1-2H3/b6-4+,16-7+. The molecule has 0 N–H and O–H groups in total. The molecule has 20 heavy (non-hydrogen) atoms. The lowest BCUT2D eigenvalue weighted by atomic mass is 10.1. The number of nitrogens with zero attached hydrogens (tertiary/aromatic N) is 1. The van der Waals surface area contributed by atoms with Crippen LogP contribution in [0.3, 0.4) is 0 Å². The van der Waals surface area contributed by atoms with Gasteiger partial charge in [-0.15, -0.1) is 0 Å². The van der Waals surface area contributed by atoms with Gasteiger partial charge in [0.15, 0.2) is 5.78 Å². The summed E-state index contributed by atoms with van der Waals surface area (Å²) >= 11 is 0. The number of anilines is 1. The van der Waals surface area contributed by atoms with Crippen molar-refractivity contribution in [2.24, 2.45) is 0 Å². The van der Waals surface area contributed by atoms with Crippen LogP contribution in [0, 0.1) is 0 Å². The van der Waals surface area contributed by atoms with Crippen LogP contribution >= 0.6 is 0 Å². The van der Waals surface area contributed by atoms with Crippen LogP contribution < -0.4 is 4.90 Å². The molecule has 0 unspecified atom stereocenters. The number of allylic oxidation sites excluding steroid dienone is 3. The molecule has 0 atom stereocenters. The molecular formula is C18H23NO. The van der Waals surface area contributed by atoms with E-state index < -0.39 is 0 Å². The number of carbonyl (C=O) groups excluding carboxylic acids is 1. The zero-order valence-corrected chi connectivity index (χ0v) is 12.4. The summed E-state index contributed by atoms with van der Waals surface area (Å²) in [6, 6.07) is 8.52. The van der Waals surface area contributed by atoms with Crippen LogP contribution in [0.2, 0.25) is 0 Å². The highest BCUT2D eigenvalue weighted by Crippen LogP contribution is 2.20. The van der Waals surface area contributed by atoms with E-state index in [9.17, 15) is 4.79 Å². The summed E-state index contributed by atoms with van der Waals surface area (Å²) in [6.07, 6.45) is 9.83. The van der Waals surface area contributed by atoms with E-state index in [4.69, 9.17) is 0 Å². The molecule has 2 heteroatoms. The van der Waals surface area contributed by atoms with Gasteiger partial charge in [0, 0.05) is 25.7 Å². The average molecular weight is 269 g/mol. The summed E-state index contributed by atoms with van der Waals surface area (Å²) < 4.78 is 0. The van der Waals surface area contributed by atoms with Crippen LogP contribution in [-0.4, -0.2) is 19.4 Å². The molecule has 2 nitrogen and oxygen atoms in total. The molecule has 2 rings (SSSR count). The van der Waals surface area contributed by atoms with E-state index in [1.165, 1.54) is 11.3 Å². The van der Waals surface area contributed by atoms with Gasteiger partial charge < -0.3 is 4.90 Å². The van der Waals surface area contributed by atoms with Crippen LogP contribution in [0.5, 0.6) is 0 Å². The molecular weight excluding hydrogens is 246 g/mol. The molecule has 1 saturated carbocycles. The summed E-state index contributed by atoms with van der Waals surface area (Å²) in [6.45, 7) is 3.26. The Labute approximate surface area is 121 Å². The quantitative estimate of drug-likeness (QED) is 0.746. The summed E-state index contributed by atoms with van der Waals surface area (Å²) in [7, 11) is 2.12. The fourth-order valence-electron chi connectivity index (χ4n) is 2.50. The van der Waals surface area contributed by atoms with Crippen molar-refractivity contribution in [1.29, 1.82) is 0 Å². The highest BCUT2D eigenvalue weighted by Gasteiger charge is 2.15. The van der Waals surface area contributed by atoms with Crippen LogP contribution in [0.1, 0.15) is 38.2 Å². The maximum Gasteiger partial charge on any atom is 0.158 e.